The first-order chi connectivity index (χ1) is 18.0. The lowest BCUT2D eigenvalue weighted by molar-refractivity contribution is -0.0851. The van der Waals surface area contributed by atoms with Crippen molar-refractivity contribution in [2.45, 2.75) is 24.9 Å². The molecule has 2 heterocycles. The molecule has 1 aliphatic rings. The van der Waals surface area contributed by atoms with Crippen LogP contribution in [0.15, 0.2) is 131 Å². The quantitative estimate of drug-likeness (QED) is 0.374. The Bertz CT molecular complexity index is 1430. The smallest absolute Gasteiger partial charge is 0.330 e. The second-order valence-electron chi connectivity index (χ2n) is 9.03. The maximum absolute atomic E-state index is 12.5. The molecule has 1 unspecified atom stereocenters. The van der Waals surface area contributed by atoms with E-state index in [1.807, 2.05) is 66.7 Å². The summed E-state index contributed by atoms with van der Waals surface area (Å²) >= 11 is 0. The first kappa shape index (κ1) is 24.4. The van der Waals surface area contributed by atoms with Crippen LogP contribution in [0.4, 0.5) is 0 Å². The van der Waals surface area contributed by atoms with Gasteiger partial charge in [-0.2, -0.15) is 0 Å². The van der Waals surface area contributed by atoms with Crippen LogP contribution in [0.3, 0.4) is 0 Å². The molecular weight excluding hydrogens is 464 g/mol. The third-order valence-electron chi connectivity index (χ3n) is 6.55. The van der Waals surface area contributed by atoms with Gasteiger partial charge in [0.1, 0.15) is 11.7 Å². The maximum Gasteiger partial charge on any atom is 0.330 e. The predicted octanol–water partition coefficient (Wildman–Crippen LogP) is 4.86. The predicted molar refractivity (Wildman–Crippen MR) is 143 cm³/mol. The molecule has 1 aromatic heterocycles. The number of aromatic amines is 1. The van der Waals surface area contributed by atoms with Gasteiger partial charge in [0.15, 0.2) is 6.23 Å². The van der Waals surface area contributed by atoms with Gasteiger partial charge in [-0.15, -0.1) is 0 Å². The van der Waals surface area contributed by atoms with Crippen LogP contribution in [0, 0.1) is 6.92 Å². The number of aromatic nitrogens is 2. The fourth-order valence-corrected chi connectivity index (χ4v) is 4.69. The van der Waals surface area contributed by atoms with Crippen LogP contribution in [0.5, 0.6) is 0 Å². The van der Waals surface area contributed by atoms with Crippen molar-refractivity contribution in [1.82, 2.24) is 9.55 Å². The van der Waals surface area contributed by atoms with Crippen LogP contribution in [0.25, 0.3) is 0 Å². The molecule has 0 bridgehead atoms. The number of nitrogens with zero attached hydrogens (tertiary/aromatic N) is 1. The molecule has 0 saturated carbocycles. The van der Waals surface area contributed by atoms with E-state index in [9.17, 15) is 9.59 Å². The van der Waals surface area contributed by atoms with E-state index in [4.69, 9.17) is 9.47 Å². The minimum absolute atomic E-state index is 0.204. The lowest BCUT2D eigenvalue weighted by Crippen LogP contribution is -2.39. The van der Waals surface area contributed by atoms with E-state index in [1.165, 1.54) is 10.8 Å². The van der Waals surface area contributed by atoms with Gasteiger partial charge in [0.05, 0.1) is 6.61 Å². The summed E-state index contributed by atoms with van der Waals surface area (Å²) < 4.78 is 14.5. The number of rotatable bonds is 7. The molecule has 37 heavy (non-hydrogen) atoms. The van der Waals surface area contributed by atoms with Crippen molar-refractivity contribution >= 4 is 0 Å². The van der Waals surface area contributed by atoms with Gasteiger partial charge in [0, 0.05) is 11.8 Å². The Morgan fingerprint density at radius 2 is 1.41 bits per heavy atom. The number of H-pyrrole nitrogens is 1. The molecule has 2 atom stereocenters. The summed E-state index contributed by atoms with van der Waals surface area (Å²) in [5.41, 5.74) is 2.11. The second-order valence-corrected chi connectivity index (χ2v) is 9.03. The largest absolute Gasteiger partial charge is 0.358 e. The summed E-state index contributed by atoms with van der Waals surface area (Å²) in [6.45, 7) is 5.89. The van der Waals surface area contributed by atoms with Crippen molar-refractivity contribution in [3.05, 3.63) is 165 Å². The number of nitrogens with one attached hydrogen (secondary N) is 1. The molecule has 0 saturated heterocycles. The van der Waals surface area contributed by atoms with Crippen molar-refractivity contribution in [3.8, 4) is 0 Å². The summed E-state index contributed by atoms with van der Waals surface area (Å²) in [4.78, 5) is 26.8. The Morgan fingerprint density at radius 3 is 1.92 bits per heavy atom. The van der Waals surface area contributed by atoms with Gasteiger partial charge < -0.3 is 9.47 Å². The van der Waals surface area contributed by atoms with E-state index in [-0.39, 0.29) is 6.61 Å². The third kappa shape index (κ3) is 4.77. The normalized spacial score (nSPS) is 17.6. The monoisotopic (exact) mass is 492 g/mol. The molecule has 0 radical (unpaired) electrons. The maximum atomic E-state index is 12.5. The minimum Gasteiger partial charge on any atom is -0.358 e. The van der Waals surface area contributed by atoms with E-state index >= 15 is 0 Å². The summed E-state index contributed by atoms with van der Waals surface area (Å²) in [5.74, 6) is 0. The Kier molecular flexibility index (Phi) is 6.86. The van der Waals surface area contributed by atoms with Crippen molar-refractivity contribution in [1.29, 1.82) is 0 Å². The van der Waals surface area contributed by atoms with Gasteiger partial charge in [-0.25, -0.2) is 4.79 Å². The van der Waals surface area contributed by atoms with E-state index < -0.39 is 29.2 Å². The highest BCUT2D eigenvalue weighted by Crippen LogP contribution is 2.41. The lowest BCUT2D eigenvalue weighted by Gasteiger charge is -2.38. The summed E-state index contributed by atoms with van der Waals surface area (Å²) in [7, 11) is 0. The van der Waals surface area contributed by atoms with E-state index in [0.717, 1.165) is 16.7 Å². The zero-order valence-electron chi connectivity index (χ0n) is 20.5. The first-order valence-electron chi connectivity index (χ1n) is 12.1. The van der Waals surface area contributed by atoms with Crippen LogP contribution in [-0.2, 0) is 15.1 Å². The highest BCUT2D eigenvalue weighted by atomic mass is 16.6. The van der Waals surface area contributed by atoms with E-state index in [0.29, 0.717) is 11.1 Å². The molecule has 6 nitrogen and oxygen atoms in total. The molecule has 0 spiro atoms. The van der Waals surface area contributed by atoms with Gasteiger partial charge in [0.25, 0.3) is 5.56 Å². The van der Waals surface area contributed by atoms with E-state index in [1.54, 1.807) is 6.92 Å². The molecule has 1 N–H and O–H groups in total. The number of aryl methyl sites for hydroxylation is 1. The highest BCUT2D eigenvalue weighted by molar-refractivity contribution is 5.47. The van der Waals surface area contributed by atoms with Crippen molar-refractivity contribution in [3.63, 3.8) is 0 Å². The Morgan fingerprint density at radius 1 is 0.892 bits per heavy atom. The number of ether oxygens (including phenoxy) is 2. The summed E-state index contributed by atoms with van der Waals surface area (Å²) in [6, 6.07) is 30.3. The second kappa shape index (κ2) is 10.4. The molecule has 0 amide bonds. The minimum atomic E-state index is -0.893. The molecule has 0 fully saturated rings. The average Bonchev–Trinajstić information content (AvgIpc) is 2.94. The topological polar surface area (TPSA) is 73.3 Å². The van der Waals surface area contributed by atoms with Gasteiger partial charge in [-0.3, -0.25) is 14.3 Å². The van der Waals surface area contributed by atoms with Crippen LogP contribution in [0.2, 0.25) is 0 Å². The Hall–Kier alpha value is -4.26. The third-order valence-corrected chi connectivity index (χ3v) is 6.55. The molecule has 3 aromatic carbocycles. The lowest BCUT2D eigenvalue weighted by atomic mass is 9.80. The number of hydrogen-bond donors (Lipinski definition) is 1. The SMILES string of the molecule is C=C1C=C[C@@H](COC(c2ccccc2)(c2ccccc2)c2ccccc2)OC1n1cc(C)c(=O)[nH]c1=O. The van der Waals surface area contributed by atoms with Crippen molar-refractivity contribution in [2.24, 2.45) is 0 Å². The van der Waals surface area contributed by atoms with Crippen molar-refractivity contribution < 1.29 is 9.47 Å². The van der Waals surface area contributed by atoms with Crippen molar-refractivity contribution in [2.75, 3.05) is 6.61 Å². The molecule has 4 aromatic rings. The van der Waals surface area contributed by atoms with Crippen LogP contribution >= 0.6 is 0 Å². The van der Waals surface area contributed by atoms with Crippen LogP contribution < -0.4 is 11.2 Å². The fraction of sp³-hybridized carbons (Fsp3) is 0.161. The van der Waals surface area contributed by atoms with E-state index in [2.05, 4.69) is 48.0 Å². The highest BCUT2D eigenvalue weighted by Gasteiger charge is 2.38. The first-order valence-corrected chi connectivity index (χ1v) is 12.1. The summed E-state index contributed by atoms with van der Waals surface area (Å²) in [5, 5.41) is 0. The van der Waals surface area contributed by atoms with Gasteiger partial charge in [0.2, 0.25) is 0 Å². The van der Waals surface area contributed by atoms with Crippen LogP contribution in [0.1, 0.15) is 28.5 Å². The molecule has 6 heteroatoms. The van der Waals surface area contributed by atoms with Gasteiger partial charge in [-0.1, -0.05) is 110 Å². The molecule has 186 valence electrons. The molecular formula is C31H28N2O4. The molecule has 1 aliphatic heterocycles. The zero-order valence-corrected chi connectivity index (χ0v) is 20.5. The van der Waals surface area contributed by atoms with Crippen LogP contribution in [-0.4, -0.2) is 22.3 Å². The molecule has 0 aliphatic carbocycles. The Balaban J connectivity index is 1.53. The summed E-state index contributed by atoms with van der Waals surface area (Å²) in [6.07, 6.45) is 3.99. The number of benzene rings is 3. The molecule has 5 rings (SSSR count). The Labute approximate surface area is 215 Å². The number of hydrogen-bond acceptors (Lipinski definition) is 4. The zero-order chi connectivity index (χ0) is 25.8. The fourth-order valence-electron chi connectivity index (χ4n) is 4.69. The van der Waals surface area contributed by atoms with Gasteiger partial charge >= 0.3 is 5.69 Å². The van der Waals surface area contributed by atoms with Gasteiger partial charge in [-0.05, 0) is 29.2 Å². The average molecular weight is 493 g/mol. The standard InChI is InChI=1S/C31H28N2O4/c1-22-18-19-27(37-29(22)33-20-23(2)28(34)32-30(33)35)21-36-31(24-12-6-3-7-13-24,25-14-8-4-9-15-25)26-16-10-5-11-17-26/h3-20,27,29H,1,21H2,2H3,(H,32,34,35)/t27-,29?/m0/s1.